The zero-order chi connectivity index (χ0) is 22.4. The molecule has 0 spiro atoms. The second-order valence-electron chi connectivity index (χ2n) is 7.36. The molecule has 7 nitrogen and oxygen atoms in total. The van der Waals surface area contributed by atoms with Gasteiger partial charge in [0.2, 0.25) is 11.8 Å². The number of hydrogen-bond acceptors (Lipinski definition) is 6. The number of aryl methyl sites for hydroxylation is 2. The van der Waals surface area contributed by atoms with Crippen molar-refractivity contribution in [2.24, 2.45) is 5.10 Å². The Bertz CT molecular complexity index is 955. The summed E-state index contributed by atoms with van der Waals surface area (Å²) in [6.07, 6.45) is 0.763. The molecule has 1 aliphatic rings. The highest BCUT2D eigenvalue weighted by Gasteiger charge is 2.32. The Labute approximate surface area is 186 Å². The molecule has 0 saturated heterocycles. The maximum Gasteiger partial charge on any atom is 0.241 e. The molecule has 164 valence electrons. The molecule has 0 fully saturated rings. The molecule has 1 heterocycles. The van der Waals surface area contributed by atoms with Crippen LogP contribution in [0.5, 0.6) is 11.5 Å². The average Bonchev–Trinajstić information content (AvgIpc) is 3.11. The lowest BCUT2D eigenvalue weighted by atomic mass is 10.1. The molecule has 0 radical (unpaired) electrons. The number of nitrogens with zero attached hydrogens (tertiary/aromatic N) is 2. The van der Waals surface area contributed by atoms with Crippen LogP contribution in [0.3, 0.4) is 0 Å². The largest absolute Gasteiger partial charge is 0.493 e. The molecule has 0 saturated carbocycles. The molecule has 2 amide bonds. The average molecular weight is 442 g/mol. The van der Waals surface area contributed by atoms with Gasteiger partial charge in [-0.25, -0.2) is 5.01 Å². The molecule has 1 N–H and O–H groups in total. The number of hydrogen-bond donors (Lipinski definition) is 1. The van der Waals surface area contributed by atoms with Gasteiger partial charge in [-0.3, -0.25) is 9.59 Å². The molecule has 1 atom stereocenters. The predicted molar refractivity (Wildman–Crippen MR) is 122 cm³/mol. The van der Waals surface area contributed by atoms with Crippen molar-refractivity contribution in [1.29, 1.82) is 0 Å². The summed E-state index contributed by atoms with van der Waals surface area (Å²) in [4.78, 5) is 23.2. The van der Waals surface area contributed by atoms with Gasteiger partial charge in [0.15, 0.2) is 5.17 Å². The van der Waals surface area contributed by atoms with Gasteiger partial charge in [0.1, 0.15) is 16.9 Å². The molecular weight excluding hydrogens is 414 g/mol. The van der Waals surface area contributed by atoms with Gasteiger partial charge in [-0.15, -0.1) is 5.10 Å². The predicted octanol–water partition coefficient (Wildman–Crippen LogP) is 4.15. The first-order valence-corrected chi connectivity index (χ1v) is 11.0. The zero-order valence-electron chi connectivity index (χ0n) is 18.2. The van der Waals surface area contributed by atoms with E-state index in [2.05, 4.69) is 30.3 Å². The number of rotatable bonds is 7. The van der Waals surface area contributed by atoms with Crippen LogP contribution in [0, 0.1) is 13.8 Å². The Kier molecular flexibility index (Phi) is 7.57. The third-order valence-corrected chi connectivity index (χ3v) is 5.54. The lowest BCUT2D eigenvalue weighted by molar-refractivity contribution is -0.129. The van der Waals surface area contributed by atoms with E-state index in [1.165, 1.54) is 41.7 Å². The highest BCUT2D eigenvalue weighted by atomic mass is 32.2. The number of carbonyl (C=O) groups is 2. The van der Waals surface area contributed by atoms with Gasteiger partial charge in [0.05, 0.1) is 13.2 Å². The minimum atomic E-state index is -0.320. The molecule has 8 heteroatoms. The van der Waals surface area contributed by atoms with Crippen LogP contribution in [-0.4, -0.2) is 35.2 Å². The van der Waals surface area contributed by atoms with Crippen molar-refractivity contribution in [1.82, 2.24) is 10.3 Å². The monoisotopic (exact) mass is 441 g/mol. The topological polar surface area (TPSA) is 80.2 Å². The summed E-state index contributed by atoms with van der Waals surface area (Å²) in [5.74, 6) is 1.21. The van der Waals surface area contributed by atoms with Crippen LogP contribution in [0.25, 0.3) is 0 Å². The van der Waals surface area contributed by atoms with E-state index < -0.39 is 0 Å². The molecule has 0 unspecified atom stereocenters. The van der Waals surface area contributed by atoms with Crippen molar-refractivity contribution < 1.29 is 19.1 Å². The van der Waals surface area contributed by atoms with Gasteiger partial charge in [-0.1, -0.05) is 30.0 Å². The first kappa shape index (κ1) is 22.7. The van der Waals surface area contributed by atoms with E-state index >= 15 is 0 Å². The lowest BCUT2D eigenvalue weighted by Crippen LogP contribution is -2.25. The number of ether oxygens (including phenoxy) is 2. The summed E-state index contributed by atoms with van der Waals surface area (Å²) >= 11 is 1.32. The minimum Gasteiger partial charge on any atom is -0.493 e. The minimum absolute atomic E-state index is 0.193. The van der Waals surface area contributed by atoms with Gasteiger partial charge in [-0.2, -0.15) is 0 Å². The van der Waals surface area contributed by atoms with Crippen molar-refractivity contribution in [2.45, 2.75) is 39.5 Å². The van der Waals surface area contributed by atoms with E-state index in [9.17, 15) is 9.59 Å². The Hall–Kier alpha value is -3.00. The number of nitrogens with one attached hydrogen (secondary N) is 1. The summed E-state index contributed by atoms with van der Waals surface area (Å²) in [6, 6.07) is 13.7. The molecule has 31 heavy (non-hydrogen) atoms. The van der Waals surface area contributed by atoms with Crippen LogP contribution in [0.15, 0.2) is 47.6 Å². The second kappa shape index (κ2) is 10.3. The second-order valence-corrected chi connectivity index (χ2v) is 8.43. The molecule has 3 rings (SSSR count). The number of carbonyl (C=O) groups excluding carboxylic acids is 2. The van der Waals surface area contributed by atoms with E-state index in [1.54, 1.807) is 0 Å². The zero-order valence-corrected chi connectivity index (χ0v) is 19.0. The van der Waals surface area contributed by atoms with Gasteiger partial charge in [0.25, 0.3) is 0 Å². The number of benzene rings is 2. The number of hydrazone groups is 1. The van der Waals surface area contributed by atoms with Crippen molar-refractivity contribution in [3.63, 3.8) is 0 Å². The summed E-state index contributed by atoms with van der Waals surface area (Å²) < 4.78 is 11.6. The summed E-state index contributed by atoms with van der Waals surface area (Å²) in [5, 5.41) is 8.30. The van der Waals surface area contributed by atoms with Gasteiger partial charge in [-0.05, 0) is 54.8 Å². The fourth-order valence-electron chi connectivity index (χ4n) is 3.16. The van der Waals surface area contributed by atoms with E-state index in [0.29, 0.717) is 18.4 Å². The fraction of sp³-hybridized carbons (Fsp3) is 0.348. The molecular formula is C23H27N3O4S. The Morgan fingerprint density at radius 3 is 2.19 bits per heavy atom. The molecule has 2 aromatic carbocycles. The van der Waals surface area contributed by atoms with E-state index in [0.717, 1.165) is 23.5 Å². The highest BCUT2D eigenvalue weighted by Crippen LogP contribution is 2.39. The van der Waals surface area contributed by atoms with Gasteiger partial charge >= 0.3 is 0 Å². The van der Waals surface area contributed by atoms with Crippen molar-refractivity contribution in [3.05, 3.63) is 59.2 Å². The highest BCUT2D eigenvalue weighted by molar-refractivity contribution is 8.14. The van der Waals surface area contributed by atoms with Crippen molar-refractivity contribution in [2.75, 3.05) is 13.2 Å². The van der Waals surface area contributed by atoms with E-state index in [4.69, 9.17) is 9.47 Å². The summed E-state index contributed by atoms with van der Waals surface area (Å²) in [7, 11) is 0. The third kappa shape index (κ3) is 6.49. The fourth-order valence-corrected chi connectivity index (χ4v) is 4.30. The molecule has 0 aromatic heterocycles. The van der Waals surface area contributed by atoms with Gasteiger partial charge in [0, 0.05) is 20.3 Å². The molecule has 1 aliphatic heterocycles. The van der Waals surface area contributed by atoms with Gasteiger partial charge < -0.3 is 14.8 Å². The summed E-state index contributed by atoms with van der Waals surface area (Å²) in [6.45, 7) is 8.09. The number of amides is 2. The first-order valence-electron chi connectivity index (χ1n) is 10.1. The smallest absolute Gasteiger partial charge is 0.241 e. The third-order valence-electron chi connectivity index (χ3n) is 4.44. The van der Waals surface area contributed by atoms with E-state index in [-0.39, 0.29) is 17.2 Å². The Morgan fingerprint density at radius 2 is 1.61 bits per heavy atom. The van der Waals surface area contributed by atoms with Crippen LogP contribution in [-0.2, 0) is 9.59 Å². The van der Waals surface area contributed by atoms with Crippen molar-refractivity contribution >= 4 is 28.7 Å². The molecule has 0 aliphatic carbocycles. The van der Waals surface area contributed by atoms with E-state index in [1.807, 2.05) is 36.4 Å². The summed E-state index contributed by atoms with van der Waals surface area (Å²) in [5.41, 5.74) is 3.27. The maximum atomic E-state index is 11.9. The van der Waals surface area contributed by atoms with Crippen LogP contribution in [0.4, 0.5) is 0 Å². The van der Waals surface area contributed by atoms with Crippen LogP contribution in [0.1, 0.15) is 42.3 Å². The van der Waals surface area contributed by atoms with Crippen LogP contribution >= 0.6 is 11.8 Å². The molecule has 2 aromatic rings. The standard InChI is InChI=1S/C23H27N3O4S/c1-15-12-16(2)14-21(13-15)30-11-5-10-29-20-8-6-19(7-9-20)22-26(18(4)28)25-23(31-22)24-17(3)27/h6-9,12-14,22H,5,10-11H2,1-4H3,(H,24,25,27)/t22-/m1/s1. The SMILES string of the molecule is CC(=O)NC1=NN(C(C)=O)[C@@H](c2ccc(OCCCOc3cc(C)cc(C)c3)cc2)S1. The molecule has 0 bridgehead atoms. The number of thioether (sulfide) groups is 1. The van der Waals surface area contributed by atoms with Crippen LogP contribution < -0.4 is 14.8 Å². The number of amidine groups is 1. The normalized spacial score (nSPS) is 15.4. The van der Waals surface area contributed by atoms with Crippen molar-refractivity contribution in [3.8, 4) is 11.5 Å². The lowest BCUT2D eigenvalue weighted by Gasteiger charge is -2.19. The quantitative estimate of drug-likeness (QED) is 0.653. The maximum absolute atomic E-state index is 11.9. The Morgan fingerprint density at radius 1 is 1.00 bits per heavy atom. The first-order chi connectivity index (χ1) is 14.8. The van der Waals surface area contributed by atoms with Crippen LogP contribution in [0.2, 0.25) is 0 Å². The Balaban J connectivity index is 1.48.